The minimum absolute atomic E-state index is 0.526. The smallest absolute Gasteiger partial charge is 0.310 e. The van der Waals surface area contributed by atoms with Crippen molar-refractivity contribution in [3.05, 3.63) is 0 Å². The van der Waals surface area contributed by atoms with Crippen LogP contribution in [0.3, 0.4) is 0 Å². The lowest BCUT2D eigenvalue weighted by molar-refractivity contribution is -0.151. The lowest BCUT2D eigenvalue weighted by Gasteiger charge is -2.39. The van der Waals surface area contributed by atoms with Crippen molar-refractivity contribution in [3.63, 3.8) is 0 Å². The average Bonchev–Trinajstić information content (AvgIpc) is 2.34. The Morgan fingerprint density at radius 3 is 2.72 bits per heavy atom. The van der Waals surface area contributed by atoms with E-state index in [2.05, 4.69) is 18.7 Å². The van der Waals surface area contributed by atoms with Crippen molar-refractivity contribution < 1.29 is 9.90 Å². The first-order valence-electron chi connectivity index (χ1n) is 7.47. The first kappa shape index (κ1) is 15.5. The quantitative estimate of drug-likeness (QED) is 0.758. The van der Waals surface area contributed by atoms with Crippen LogP contribution in [0.1, 0.15) is 59.3 Å². The van der Waals surface area contributed by atoms with Gasteiger partial charge in [0.25, 0.3) is 0 Å². The molecule has 106 valence electrons. The third kappa shape index (κ3) is 4.27. The van der Waals surface area contributed by atoms with Crippen LogP contribution in [0, 0.1) is 11.3 Å². The van der Waals surface area contributed by atoms with E-state index < -0.39 is 11.4 Å². The van der Waals surface area contributed by atoms with E-state index in [-0.39, 0.29) is 0 Å². The number of hydrogen-bond acceptors (Lipinski definition) is 2. The van der Waals surface area contributed by atoms with Gasteiger partial charge in [-0.1, -0.05) is 33.1 Å². The zero-order valence-electron chi connectivity index (χ0n) is 12.2. The molecule has 1 rings (SSSR count). The summed E-state index contributed by atoms with van der Waals surface area (Å²) in [6.07, 6.45) is 6.89. The highest BCUT2D eigenvalue weighted by Gasteiger charge is 2.37. The molecular formula is C15H29NO2. The summed E-state index contributed by atoms with van der Waals surface area (Å²) in [5.41, 5.74) is -0.526. The van der Waals surface area contributed by atoms with E-state index in [0.29, 0.717) is 0 Å². The molecule has 3 nitrogen and oxygen atoms in total. The Balaban J connectivity index is 2.48. The Morgan fingerprint density at radius 1 is 1.44 bits per heavy atom. The van der Waals surface area contributed by atoms with Gasteiger partial charge in [-0.05, 0) is 38.6 Å². The van der Waals surface area contributed by atoms with Crippen molar-refractivity contribution in [2.24, 2.45) is 11.3 Å². The number of carboxylic acid groups (broad SMARTS) is 1. The van der Waals surface area contributed by atoms with E-state index in [4.69, 9.17) is 0 Å². The number of piperidine rings is 1. The first-order valence-corrected chi connectivity index (χ1v) is 7.47. The van der Waals surface area contributed by atoms with Crippen LogP contribution in [0.25, 0.3) is 0 Å². The fourth-order valence-electron chi connectivity index (χ4n) is 2.96. The maximum absolute atomic E-state index is 11.3. The summed E-state index contributed by atoms with van der Waals surface area (Å²) in [5.74, 6) is 0.106. The van der Waals surface area contributed by atoms with Gasteiger partial charge in [-0.25, -0.2) is 0 Å². The number of hydrogen-bond donors (Lipinski definition) is 1. The highest BCUT2D eigenvalue weighted by Crippen LogP contribution is 2.30. The number of likely N-dealkylation sites (tertiary alicyclic amines) is 1. The fraction of sp³-hybridized carbons (Fsp3) is 0.933. The fourth-order valence-corrected chi connectivity index (χ4v) is 2.96. The van der Waals surface area contributed by atoms with Crippen LogP contribution in [0.2, 0.25) is 0 Å². The molecule has 0 saturated carbocycles. The number of nitrogens with zero attached hydrogens (tertiary/aromatic N) is 1. The van der Waals surface area contributed by atoms with Crippen molar-refractivity contribution in [2.75, 3.05) is 19.6 Å². The number of aliphatic carboxylic acids is 1. The normalized spacial score (nSPS) is 27.1. The lowest BCUT2D eigenvalue weighted by Crippen LogP contribution is -2.47. The number of unbranched alkanes of at least 4 members (excludes halogenated alkanes) is 1. The molecule has 1 aliphatic heterocycles. The van der Waals surface area contributed by atoms with Crippen molar-refractivity contribution in [2.45, 2.75) is 59.3 Å². The summed E-state index contributed by atoms with van der Waals surface area (Å²) in [6.45, 7) is 9.26. The van der Waals surface area contributed by atoms with Crippen LogP contribution in [-0.2, 0) is 4.79 Å². The molecule has 3 heteroatoms. The third-order valence-corrected chi connectivity index (χ3v) is 4.35. The zero-order chi connectivity index (χ0) is 13.6. The molecule has 1 saturated heterocycles. The van der Waals surface area contributed by atoms with Gasteiger partial charge in [0, 0.05) is 13.1 Å². The Morgan fingerprint density at radius 2 is 2.17 bits per heavy atom. The molecule has 0 aromatic rings. The zero-order valence-corrected chi connectivity index (χ0v) is 12.2. The van der Waals surface area contributed by atoms with E-state index in [9.17, 15) is 9.90 Å². The van der Waals surface area contributed by atoms with Gasteiger partial charge in [0.2, 0.25) is 0 Å². The Hall–Kier alpha value is -0.570. The molecule has 0 radical (unpaired) electrons. The van der Waals surface area contributed by atoms with Crippen LogP contribution in [0.4, 0.5) is 0 Å². The molecule has 1 heterocycles. The molecule has 18 heavy (non-hydrogen) atoms. The maximum atomic E-state index is 11.3. The van der Waals surface area contributed by atoms with Crippen molar-refractivity contribution in [3.8, 4) is 0 Å². The molecule has 0 amide bonds. The van der Waals surface area contributed by atoms with Crippen LogP contribution >= 0.6 is 0 Å². The van der Waals surface area contributed by atoms with Crippen LogP contribution in [0.15, 0.2) is 0 Å². The van der Waals surface area contributed by atoms with E-state index in [1.807, 2.05) is 6.92 Å². The Labute approximate surface area is 112 Å². The summed E-state index contributed by atoms with van der Waals surface area (Å²) in [5, 5.41) is 9.32. The summed E-state index contributed by atoms with van der Waals surface area (Å²) in [4.78, 5) is 13.7. The molecule has 1 aliphatic rings. The van der Waals surface area contributed by atoms with Gasteiger partial charge in [-0.15, -0.1) is 0 Å². The Bertz CT molecular complexity index is 267. The van der Waals surface area contributed by atoms with Gasteiger partial charge in [0.1, 0.15) is 0 Å². The second-order valence-corrected chi connectivity index (χ2v) is 6.12. The van der Waals surface area contributed by atoms with E-state index in [0.717, 1.165) is 38.4 Å². The number of rotatable bonds is 7. The van der Waals surface area contributed by atoms with Crippen LogP contribution in [-0.4, -0.2) is 35.6 Å². The predicted molar refractivity (Wildman–Crippen MR) is 74.7 cm³/mol. The predicted octanol–water partition coefficient (Wildman–Crippen LogP) is 3.39. The van der Waals surface area contributed by atoms with Gasteiger partial charge >= 0.3 is 5.97 Å². The largest absolute Gasteiger partial charge is 0.481 e. The molecule has 0 bridgehead atoms. The standard InChI is InChI=1S/C15H29NO2/c1-4-6-8-13(5-2)11-16-10-7-9-15(3,12-16)14(17)18/h13H,4-12H2,1-3H3,(H,17,18). The molecule has 1 fully saturated rings. The highest BCUT2D eigenvalue weighted by molar-refractivity contribution is 5.74. The van der Waals surface area contributed by atoms with Crippen LogP contribution < -0.4 is 0 Å². The molecule has 2 atom stereocenters. The van der Waals surface area contributed by atoms with Gasteiger partial charge in [-0.3, -0.25) is 4.79 Å². The summed E-state index contributed by atoms with van der Waals surface area (Å²) in [7, 11) is 0. The second kappa shape index (κ2) is 7.13. The van der Waals surface area contributed by atoms with Crippen molar-refractivity contribution in [1.29, 1.82) is 0 Å². The molecule has 0 aliphatic carbocycles. The first-order chi connectivity index (χ1) is 8.51. The summed E-state index contributed by atoms with van der Waals surface area (Å²) >= 11 is 0. The van der Waals surface area contributed by atoms with E-state index in [1.54, 1.807) is 0 Å². The maximum Gasteiger partial charge on any atom is 0.310 e. The minimum atomic E-state index is -0.631. The van der Waals surface area contributed by atoms with Gasteiger partial charge < -0.3 is 10.0 Å². The molecule has 2 unspecified atom stereocenters. The van der Waals surface area contributed by atoms with E-state index in [1.165, 1.54) is 25.7 Å². The molecule has 0 spiro atoms. The molecule has 0 aromatic heterocycles. The van der Waals surface area contributed by atoms with Crippen molar-refractivity contribution >= 4 is 5.97 Å². The number of carboxylic acids is 1. The van der Waals surface area contributed by atoms with Gasteiger partial charge in [-0.2, -0.15) is 0 Å². The van der Waals surface area contributed by atoms with E-state index >= 15 is 0 Å². The molecule has 1 N–H and O–H groups in total. The van der Waals surface area contributed by atoms with Crippen LogP contribution in [0.5, 0.6) is 0 Å². The molecule has 0 aromatic carbocycles. The monoisotopic (exact) mass is 255 g/mol. The number of carbonyl (C=O) groups is 1. The minimum Gasteiger partial charge on any atom is -0.481 e. The van der Waals surface area contributed by atoms with Gasteiger partial charge in [0.15, 0.2) is 0 Å². The summed E-state index contributed by atoms with van der Waals surface area (Å²) < 4.78 is 0. The average molecular weight is 255 g/mol. The Kier molecular flexibility index (Phi) is 6.13. The lowest BCUT2D eigenvalue weighted by atomic mass is 9.81. The summed E-state index contributed by atoms with van der Waals surface area (Å²) in [6, 6.07) is 0. The SMILES string of the molecule is CCCCC(CC)CN1CCCC(C)(C(=O)O)C1. The van der Waals surface area contributed by atoms with Crippen molar-refractivity contribution in [1.82, 2.24) is 4.90 Å². The topological polar surface area (TPSA) is 40.5 Å². The third-order valence-electron chi connectivity index (χ3n) is 4.35. The van der Waals surface area contributed by atoms with Gasteiger partial charge in [0.05, 0.1) is 5.41 Å². The molecular weight excluding hydrogens is 226 g/mol. The second-order valence-electron chi connectivity index (χ2n) is 6.12. The highest BCUT2D eigenvalue weighted by atomic mass is 16.4.